The highest BCUT2D eigenvalue weighted by atomic mass is 32.1. The van der Waals surface area contributed by atoms with Crippen molar-refractivity contribution >= 4 is 28.5 Å². The van der Waals surface area contributed by atoms with E-state index in [0.29, 0.717) is 17.7 Å². The van der Waals surface area contributed by atoms with Crippen molar-refractivity contribution in [2.75, 3.05) is 11.9 Å². The van der Waals surface area contributed by atoms with E-state index in [1.807, 2.05) is 26.0 Å². The van der Waals surface area contributed by atoms with Crippen molar-refractivity contribution in [2.45, 2.75) is 45.1 Å². The summed E-state index contributed by atoms with van der Waals surface area (Å²) in [6.45, 7) is 4.55. The van der Waals surface area contributed by atoms with Crippen LogP contribution < -0.4 is 14.8 Å². The molecule has 0 spiro atoms. The highest BCUT2D eigenvalue weighted by Crippen LogP contribution is 2.42. The first kappa shape index (κ1) is 17.0. The number of nitrogens with zero attached hydrogens (tertiary/aromatic N) is 2. The van der Waals surface area contributed by atoms with Gasteiger partial charge in [0.05, 0.1) is 6.61 Å². The van der Waals surface area contributed by atoms with Gasteiger partial charge in [0.15, 0.2) is 0 Å². The molecule has 7 heteroatoms. The Morgan fingerprint density at radius 2 is 2.27 bits per heavy atom. The minimum Gasteiger partial charge on any atom is -0.493 e. The molecule has 1 N–H and O–H groups in total. The number of carbonyl (C=O) groups excluding carboxylic acids is 1. The summed E-state index contributed by atoms with van der Waals surface area (Å²) in [5.74, 6) is 1.93. The molecule has 2 heterocycles. The van der Waals surface area contributed by atoms with Gasteiger partial charge in [0.2, 0.25) is 11.0 Å². The Hall–Kier alpha value is -2.41. The first-order chi connectivity index (χ1) is 12.6. The molecule has 136 valence electrons. The normalized spacial score (nSPS) is 18.6. The van der Waals surface area contributed by atoms with Crippen LogP contribution >= 0.6 is 11.3 Å². The highest BCUT2D eigenvalue weighted by molar-refractivity contribution is 7.15. The molecule has 1 aromatic heterocycles. The van der Waals surface area contributed by atoms with E-state index in [9.17, 15) is 4.79 Å². The SMILES string of the molecule is CCOc1cc2c(cc1C=CC(=O)Nc1nnc(C3CC3)s1)OC(C)C2. The molecule has 2 aliphatic rings. The predicted octanol–water partition coefficient (Wildman–Crippen LogP) is 3.79. The summed E-state index contributed by atoms with van der Waals surface area (Å²) in [5, 5.41) is 12.5. The fraction of sp³-hybridized carbons (Fsp3) is 0.421. The number of nitrogens with one attached hydrogen (secondary N) is 1. The van der Waals surface area contributed by atoms with Gasteiger partial charge in [0.1, 0.15) is 22.6 Å². The zero-order chi connectivity index (χ0) is 18.1. The first-order valence-corrected chi connectivity index (χ1v) is 9.73. The van der Waals surface area contributed by atoms with Gasteiger partial charge >= 0.3 is 0 Å². The van der Waals surface area contributed by atoms with E-state index in [1.54, 1.807) is 6.08 Å². The van der Waals surface area contributed by atoms with Gasteiger partial charge in [-0.1, -0.05) is 11.3 Å². The molecule has 1 aromatic carbocycles. The lowest BCUT2D eigenvalue weighted by Crippen LogP contribution is -2.07. The van der Waals surface area contributed by atoms with Gasteiger partial charge in [-0.25, -0.2) is 0 Å². The smallest absolute Gasteiger partial charge is 0.250 e. The highest BCUT2D eigenvalue weighted by Gasteiger charge is 2.27. The molecule has 1 aliphatic carbocycles. The van der Waals surface area contributed by atoms with Crippen LogP contribution in [0.2, 0.25) is 0 Å². The largest absolute Gasteiger partial charge is 0.493 e. The van der Waals surface area contributed by atoms with Gasteiger partial charge in [-0.15, -0.1) is 10.2 Å². The van der Waals surface area contributed by atoms with Crippen LogP contribution in [0.25, 0.3) is 6.08 Å². The minimum atomic E-state index is -0.235. The molecule has 1 amide bonds. The predicted molar refractivity (Wildman–Crippen MR) is 101 cm³/mol. The Balaban J connectivity index is 1.47. The molecule has 1 unspecified atom stereocenters. The molecule has 0 radical (unpaired) electrons. The summed E-state index contributed by atoms with van der Waals surface area (Å²) >= 11 is 1.45. The number of fused-ring (bicyclic) bond motifs is 1. The van der Waals surface area contributed by atoms with Crippen molar-refractivity contribution in [2.24, 2.45) is 0 Å². The molecule has 6 nitrogen and oxygen atoms in total. The number of ether oxygens (including phenoxy) is 2. The summed E-state index contributed by atoms with van der Waals surface area (Å²) in [4.78, 5) is 12.2. The van der Waals surface area contributed by atoms with Crippen LogP contribution in [0.4, 0.5) is 5.13 Å². The Labute approximate surface area is 156 Å². The number of rotatable bonds is 6. The third-order valence-electron chi connectivity index (χ3n) is 4.34. The number of hydrogen-bond acceptors (Lipinski definition) is 6. The molecule has 0 saturated heterocycles. The van der Waals surface area contributed by atoms with Crippen LogP contribution in [0.3, 0.4) is 0 Å². The van der Waals surface area contributed by atoms with Crippen LogP contribution in [0.15, 0.2) is 18.2 Å². The van der Waals surface area contributed by atoms with E-state index in [0.717, 1.165) is 34.1 Å². The van der Waals surface area contributed by atoms with Gasteiger partial charge in [-0.05, 0) is 44.9 Å². The zero-order valence-corrected chi connectivity index (χ0v) is 15.6. The van der Waals surface area contributed by atoms with Gasteiger partial charge in [-0.3, -0.25) is 10.1 Å². The van der Waals surface area contributed by atoms with Gasteiger partial charge in [0, 0.05) is 29.5 Å². The van der Waals surface area contributed by atoms with Crippen LogP contribution in [0, 0.1) is 0 Å². The fourth-order valence-corrected chi connectivity index (χ4v) is 3.87. The fourth-order valence-electron chi connectivity index (χ4n) is 2.96. The second kappa shape index (κ2) is 7.07. The summed E-state index contributed by atoms with van der Waals surface area (Å²) in [7, 11) is 0. The summed E-state index contributed by atoms with van der Waals surface area (Å²) < 4.78 is 11.5. The second-order valence-corrected chi connectivity index (χ2v) is 7.61. The van der Waals surface area contributed by atoms with Gasteiger partial charge in [-0.2, -0.15) is 0 Å². The number of anilines is 1. The summed E-state index contributed by atoms with van der Waals surface area (Å²) in [6.07, 6.45) is 6.61. The maximum atomic E-state index is 12.2. The molecule has 4 rings (SSSR count). The van der Waals surface area contributed by atoms with E-state index < -0.39 is 0 Å². The molecule has 2 aromatic rings. The van der Waals surface area contributed by atoms with Crippen molar-refractivity contribution in [3.8, 4) is 11.5 Å². The summed E-state index contributed by atoms with van der Waals surface area (Å²) in [6, 6.07) is 3.94. The molecule has 0 bridgehead atoms. The average molecular weight is 371 g/mol. The third-order valence-corrected chi connectivity index (χ3v) is 5.34. The molecule has 1 fully saturated rings. The number of hydrogen-bond donors (Lipinski definition) is 1. The average Bonchev–Trinajstić information content (AvgIpc) is 3.25. The van der Waals surface area contributed by atoms with E-state index in [2.05, 4.69) is 15.5 Å². The number of aromatic nitrogens is 2. The Kier molecular flexibility index (Phi) is 4.63. The molecular weight excluding hydrogens is 350 g/mol. The maximum Gasteiger partial charge on any atom is 0.250 e. The topological polar surface area (TPSA) is 73.3 Å². The van der Waals surface area contributed by atoms with E-state index in [4.69, 9.17) is 9.47 Å². The van der Waals surface area contributed by atoms with Crippen LogP contribution in [0.1, 0.15) is 48.7 Å². The van der Waals surface area contributed by atoms with Crippen LogP contribution in [-0.2, 0) is 11.2 Å². The lowest BCUT2D eigenvalue weighted by Gasteiger charge is -2.10. The van der Waals surface area contributed by atoms with Crippen molar-refractivity contribution in [3.05, 3.63) is 34.3 Å². The van der Waals surface area contributed by atoms with Gasteiger partial charge < -0.3 is 9.47 Å². The van der Waals surface area contributed by atoms with Crippen LogP contribution in [0.5, 0.6) is 11.5 Å². The standard InChI is InChI=1S/C19H21N3O3S/c1-3-24-15-10-14-8-11(2)25-16(14)9-13(15)6-7-17(23)20-19-22-21-18(26-19)12-4-5-12/h6-7,9-12H,3-5,8H2,1-2H3,(H,20,22,23). The molecular formula is C19H21N3O3S. The van der Waals surface area contributed by atoms with Crippen molar-refractivity contribution in [1.29, 1.82) is 0 Å². The Bertz CT molecular complexity index is 858. The monoisotopic (exact) mass is 371 g/mol. The summed E-state index contributed by atoms with van der Waals surface area (Å²) in [5.41, 5.74) is 1.97. The van der Waals surface area contributed by atoms with E-state index in [-0.39, 0.29) is 12.0 Å². The first-order valence-electron chi connectivity index (χ1n) is 8.91. The number of carbonyl (C=O) groups is 1. The third kappa shape index (κ3) is 3.72. The lowest BCUT2D eigenvalue weighted by molar-refractivity contribution is -0.111. The Morgan fingerprint density at radius 3 is 3.04 bits per heavy atom. The molecule has 1 aliphatic heterocycles. The van der Waals surface area contributed by atoms with Crippen LogP contribution in [-0.4, -0.2) is 28.8 Å². The van der Waals surface area contributed by atoms with Crippen molar-refractivity contribution < 1.29 is 14.3 Å². The Morgan fingerprint density at radius 1 is 1.42 bits per heavy atom. The van der Waals surface area contributed by atoms with Gasteiger partial charge in [0.25, 0.3) is 0 Å². The minimum absolute atomic E-state index is 0.167. The molecule has 1 saturated carbocycles. The maximum absolute atomic E-state index is 12.2. The molecule has 1 atom stereocenters. The van der Waals surface area contributed by atoms with E-state index in [1.165, 1.54) is 30.3 Å². The van der Waals surface area contributed by atoms with E-state index >= 15 is 0 Å². The number of benzene rings is 1. The second-order valence-electron chi connectivity index (χ2n) is 6.61. The van der Waals surface area contributed by atoms with Crippen molar-refractivity contribution in [1.82, 2.24) is 10.2 Å². The zero-order valence-electron chi connectivity index (χ0n) is 14.8. The quantitative estimate of drug-likeness (QED) is 0.782. The lowest BCUT2D eigenvalue weighted by atomic mass is 10.1. The number of amides is 1. The molecule has 26 heavy (non-hydrogen) atoms. The van der Waals surface area contributed by atoms with Crippen molar-refractivity contribution in [3.63, 3.8) is 0 Å².